The molecule has 4 rings (SSSR count). The van der Waals surface area contributed by atoms with Gasteiger partial charge in [-0.3, -0.25) is 4.79 Å². The number of nitrogens with one attached hydrogen (secondary N) is 1. The number of aryl methyl sites for hydroxylation is 1. The molecule has 1 unspecified atom stereocenters. The number of ether oxygens (including phenoxy) is 1. The van der Waals surface area contributed by atoms with Crippen molar-refractivity contribution >= 4 is 11.6 Å². The first-order valence-electron chi connectivity index (χ1n) is 10.1. The highest BCUT2D eigenvalue weighted by Gasteiger charge is 2.30. The molecule has 28 heavy (non-hydrogen) atoms. The number of anilines is 1. The Kier molecular flexibility index (Phi) is 5.51. The molecule has 1 atom stereocenters. The van der Waals surface area contributed by atoms with Crippen molar-refractivity contribution in [2.75, 3.05) is 11.5 Å². The average Bonchev–Trinajstić information content (AvgIpc) is 3.18. The van der Waals surface area contributed by atoms with Crippen molar-refractivity contribution in [3.05, 3.63) is 59.4 Å². The van der Waals surface area contributed by atoms with E-state index in [2.05, 4.69) is 41.4 Å². The molecule has 1 amide bonds. The maximum atomic E-state index is 13.7. The van der Waals surface area contributed by atoms with Gasteiger partial charge in [0, 0.05) is 18.7 Å². The van der Waals surface area contributed by atoms with Crippen LogP contribution in [0, 0.1) is 12.7 Å². The number of amides is 1. The molecule has 0 aromatic heterocycles. The van der Waals surface area contributed by atoms with Crippen molar-refractivity contribution in [2.45, 2.75) is 57.7 Å². The molecule has 1 aliphatic carbocycles. The Hall–Kier alpha value is -2.56. The van der Waals surface area contributed by atoms with E-state index in [4.69, 9.17) is 4.74 Å². The molecule has 1 N–H and O–H groups in total. The summed E-state index contributed by atoms with van der Waals surface area (Å²) in [5.41, 5.74) is 3.21. The van der Waals surface area contributed by atoms with Gasteiger partial charge < -0.3 is 15.0 Å². The lowest BCUT2D eigenvalue weighted by atomic mass is 10.0. The summed E-state index contributed by atoms with van der Waals surface area (Å²) in [5, 5.41) is 3.17. The maximum absolute atomic E-state index is 13.7. The van der Waals surface area contributed by atoms with Crippen LogP contribution in [0.1, 0.15) is 43.2 Å². The normalized spacial score (nSPS) is 19.2. The second kappa shape index (κ2) is 8.21. The quantitative estimate of drug-likeness (QED) is 0.836. The maximum Gasteiger partial charge on any atom is 0.222 e. The van der Waals surface area contributed by atoms with Crippen molar-refractivity contribution in [3.63, 3.8) is 0 Å². The molecule has 5 heteroatoms. The fraction of sp³-hybridized carbons (Fsp3) is 0.435. The van der Waals surface area contributed by atoms with Gasteiger partial charge in [-0.05, 0) is 37.5 Å². The fourth-order valence-corrected chi connectivity index (χ4v) is 4.16. The third kappa shape index (κ3) is 4.29. The highest BCUT2D eigenvalue weighted by Crippen LogP contribution is 2.36. The van der Waals surface area contributed by atoms with Crippen molar-refractivity contribution < 1.29 is 13.9 Å². The lowest BCUT2D eigenvalue weighted by Gasteiger charge is -2.38. The topological polar surface area (TPSA) is 41.6 Å². The Morgan fingerprint density at radius 3 is 2.68 bits per heavy atom. The van der Waals surface area contributed by atoms with Crippen molar-refractivity contribution in [1.29, 1.82) is 0 Å². The summed E-state index contributed by atoms with van der Waals surface area (Å²) in [6, 6.07) is 13.2. The molecule has 1 fully saturated rings. The highest BCUT2D eigenvalue weighted by molar-refractivity contribution is 5.78. The first kappa shape index (κ1) is 18.8. The molecule has 0 radical (unpaired) electrons. The monoisotopic (exact) mass is 382 g/mol. The molecule has 4 nitrogen and oxygen atoms in total. The predicted molar refractivity (Wildman–Crippen MR) is 108 cm³/mol. The minimum atomic E-state index is -0.313. The van der Waals surface area contributed by atoms with Crippen molar-refractivity contribution in [1.82, 2.24) is 5.32 Å². The van der Waals surface area contributed by atoms with Gasteiger partial charge in [0.25, 0.3) is 0 Å². The molecule has 1 aliphatic heterocycles. The second-order valence-corrected chi connectivity index (χ2v) is 7.94. The standard InChI is InChI=1S/C23H27FN2O2/c1-16-6-8-17(9-7-16)14-26-20(13-23(27)25-19-4-2-3-5-19)15-28-22-12-18(24)10-11-21(22)26/h6-12,19-20H,2-5,13-15H2,1H3,(H,25,27). The Labute approximate surface area is 165 Å². The Bertz CT molecular complexity index is 831. The first-order valence-corrected chi connectivity index (χ1v) is 10.1. The van der Waals surface area contributed by atoms with Gasteiger partial charge in [0.15, 0.2) is 0 Å². The van der Waals surface area contributed by atoms with Crippen LogP contribution < -0.4 is 15.0 Å². The van der Waals surface area contributed by atoms with E-state index in [9.17, 15) is 9.18 Å². The van der Waals surface area contributed by atoms with Crippen LogP contribution in [-0.4, -0.2) is 24.6 Å². The molecular formula is C23H27FN2O2. The fourth-order valence-electron chi connectivity index (χ4n) is 4.16. The number of benzene rings is 2. The predicted octanol–water partition coefficient (Wildman–Crippen LogP) is 4.35. The molecule has 2 aromatic rings. The summed E-state index contributed by atoms with van der Waals surface area (Å²) >= 11 is 0. The van der Waals surface area contributed by atoms with Gasteiger partial charge in [0.05, 0.1) is 18.2 Å². The van der Waals surface area contributed by atoms with Gasteiger partial charge in [-0.15, -0.1) is 0 Å². The van der Waals surface area contributed by atoms with Crippen LogP contribution in [-0.2, 0) is 11.3 Å². The average molecular weight is 382 g/mol. The van der Waals surface area contributed by atoms with Crippen LogP contribution in [0.25, 0.3) is 0 Å². The molecule has 0 spiro atoms. The number of nitrogens with zero attached hydrogens (tertiary/aromatic N) is 1. The van der Waals surface area contributed by atoms with E-state index in [0.717, 1.165) is 24.1 Å². The Morgan fingerprint density at radius 2 is 1.93 bits per heavy atom. The van der Waals surface area contributed by atoms with Crippen LogP contribution in [0.5, 0.6) is 5.75 Å². The number of carbonyl (C=O) groups is 1. The molecule has 1 saturated carbocycles. The third-order valence-corrected chi connectivity index (χ3v) is 5.72. The van der Waals surface area contributed by atoms with Gasteiger partial charge in [-0.1, -0.05) is 42.7 Å². The summed E-state index contributed by atoms with van der Waals surface area (Å²) in [6.07, 6.45) is 4.90. The molecule has 148 valence electrons. The SMILES string of the molecule is Cc1ccc(CN2c3ccc(F)cc3OCC2CC(=O)NC2CCCC2)cc1. The number of halogens is 1. The van der Waals surface area contributed by atoms with Crippen molar-refractivity contribution in [2.24, 2.45) is 0 Å². The summed E-state index contributed by atoms with van der Waals surface area (Å²) < 4.78 is 19.5. The number of carbonyl (C=O) groups excluding carboxylic acids is 1. The van der Waals surface area contributed by atoms with Gasteiger partial charge in [0.1, 0.15) is 18.2 Å². The number of hydrogen-bond acceptors (Lipinski definition) is 3. The zero-order chi connectivity index (χ0) is 19.5. The number of rotatable bonds is 5. The highest BCUT2D eigenvalue weighted by atomic mass is 19.1. The van der Waals surface area contributed by atoms with E-state index in [0.29, 0.717) is 31.4 Å². The van der Waals surface area contributed by atoms with Crippen LogP contribution in [0.4, 0.5) is 10.1 Å². The minimum absolute atomic E-state index is 0.0694. The zero-order valence-electron chi connectivity index (χ0n) is 16.3. The molecule has 2 aliphatic rings. The van der Waals surface area contributed by atoms with Gasteiger partial charge in [-0.25, -0.2) is 4.39 Å². The van der Waals surface area contributed by atoms with Gasteiger partial charge in [0.2, 0.25) is 5.91 Å². The Balaban J connectivity index is 1.54. The molecule has 1 heterocycles. The van der Waals surface area contributed by atoms with E-state index in [1.807, 2.05) is 0 Å². The van der Waals surface area contributed by atoms with E-state index >= 15 is 0 Å². The number of fused-ring (bicyclic) bond motifs is 1. The lowest BCUT2D eigenvalue weighted by molar-refractivity contribution is -0.122. The third-order valence-electron chi connectivity index (χ3n) is 5.72. The smallest absolute Gasteiger partial charge is 0.222 e. The summed E-state index contributed by atoms with van der Waals surface area (Å²) in [4.78, 5) is 14.8. The van der Waals surface area contributed by atoms with Crippen LogP contribution >= 0.6 is 0 Å². The Morgan fingerprint density at radius 1 is 1.18 bits per heavy atom. The molecule has 0 bridgehead atoms. The van der Waals surface area contributed by atoms with E-state index in [-0.39, 0.29) is 17.8 Å². The van der Waals surface area contributed by atoms with E-state index < -0.39 is 0 Å². The van der Waals surface area contributed by atoms with Crippen molar-refractivity contribution in [3.8, 4) is 5.75 Å². The molecular weight excluding hydrogens is 355 g/mol. The second-order valence-electron chi connectivity index (χ2n) is 7.94. The minimum Gasteiger partial charge on any atom is -0.489 e. The van der Waals surface area contributed by atoms with Crippen LogP contribution in [0.2, 0.25) is 0 Å². The molecule has 0 saturated heterocycles. The first-order chi connectivity index (χ1) is 13.6. The summed E-state index contributed by atoms with van der Waals surface area (Å²) in [5.74, 6) is 0.297. The summed E-state index contributed by atoms with van der Waals surface area (Å²) in [6.45, 7) is 3.09. The summed E-state index contributed by atoms with van der Waals surface area (Å²) in [7, 11) is 0. The van der Waals surface area contributed by atoms with E-state index in [1.54, 1.807) is 6.07 Å². The van der Waals surface area contributed by atoms with Crippen LogP contribution in [0.15, 0.2) is 42.5 Å². The lowest BCUT2D eigenvalue weighted by Crippen LogP contribution is -2.46. The van der Waals surface area contributed by atoms with E-state index in [1.165, 1.54) is 30.5 Å². The van der Waals surface area contributed by atoms with Gasteiger partial charge >= 0.3 is 0 Å². The number of hydrogen-bond donors (Lipinski definition) is 1. The van der Waals surface area contributed by atoms with Gasteiger partial charge in [-0.2, -0.15) is 0 Å². The zero-order valence-corrected chi connectivity index (χ0v) is 16.3. The van der Waals surface area contributed by atoms with Crippen LogP contribution in [0.3, 0.4) is 0 Å². The largest absolute Gasteiger partial charge is 0.489 e. The molecule has 2 aromatic carbocycles.